The molecule has 5 rings (SSSR count). The predicted molar refractivity (Wildman–Crippen MR) is 134 cm³/mol. The molecule has 4 aromatic rings. The van der Waals surface area contributed by atoms with Gasteiger partial charge in [0.15, 0.2) is 5.65 Å². The van der Waals surface area contributed by atoms with Crippen LogP contribution in [0.1, 0.15) is 15.9 Å². The van der Waals surface area contributed by atoms with Crippen molar-refractivity contribution in [3.8, 4) is 5.75 Å². The maximum atomic E-state index is 12.8. The first-order chi connectivity index (χ1) is 17.3. The van der Waals surface area contributed by atoms with Gasteiger partial charge in [-0.05, 0) is 24.3 Å². The summed E-state index contributed by atoms with van der Waals surface area (Å²) < 4.78 is 13.1. The highest BCUT2D eigenvalue weighted by Gasteiger charge is 2.15. The van der Waals surface area contributed by atoms with E-state index >= 15 is 0 Å². The average Bonchev–Trinajstić information content (AvgIpc) is 3.33. The summed E-state index contributed by atoms with van der Waals surface area (Å²) in [6.45, 7) is 5.49. The second-order valence-electron chi connectivity index (χ2n) is 8.22. The van der Waals surface area contributed by atoms with Gasteiger partial charge in [-0.3, -0.25) is 9.69 Å². The smallest absolute Gasteiger partial charge is 0.261 e. The van der Waals surface area contributed by atoms with Crippen LogP contribution < -0.4 is 15.4 Å². The molecule has 180 valence electrons. The van der Waals surface area contributed by atoms with Crippen molar-refractivity contribution < 1.29 is 14.3 Å². The molecule has 0 spiro atoms. The molecule has 3 heterocycles. The van der Waals surface area contributed by atoms with E-state index in [9.17, 15) is 4.79 Å². The minimum Gasteiger partial charge on any atom is -0.492 e. The van der Waals surface area contributed by atoms with Crippen LogP contribution in [0.15, 0.2) is 73.1 Å². The molecule has 0 atom stereocenters. The number of fused-ring (bicyclic) bond motifs is 1. The summed E-state index contributed by atoms with van der Waals surface area (Å²) in [5, 5.41) is 10.5. The minimum atomic E-state index is -0.255. The maximum absolute atomic E-state index is 12.8. The third kappa shape index (κ3) is 5.76. The number of para-hydroxylation sites is 2. The Morgan fingerprint density at radius 3 is 2.69 bits per heavy atom. The van der Waals surface area contributed by atoms with Crippen molar-refractivity contribution in [2.24, 2.45) is 0 Å². The van der Waals surface area contributed by atoms with Crippen LogP contribution in [0.5, 0.6) is 5.75 Å². The molecule has 1 fully saturated rings. The van der Waals surface area contributed by atoms with E-state index in [2.05, 4.69) is 25.6 Å². The van der Waals surface area contributed by atoms with Gasteiger partial charge in [0.2, 0.25) is 0 Å². The number of nitrogens with one attached hydrogen (secondary N) is 2. The number of ether oxygens (including phenoxy) is 2. The Morgan fingerprint density at radius 1 is 1.03 bits per heavy atom. The highest BCUT2D eigenvalue weighted by atomic mass is 16.5. The van der Waals surface area contributed by atoms with E-state index in [0.29, 0.717) is 30.2 Å². The summed E-state index contributed by atoms with van der Waals surface area (Å²) in [6, 6.07) is 19.1. The van der Waals surface area contributed by atoms with Crippen LogP contribution in [0.2, 0.25) is 0 Å². The third-order valence-corrected chi connectivity index (χ3v) is 5.85. The molecule has 1 aliphatic heterocycles. The predicted octanol–water partition coefficient (Wildman–Crippen LogP) is 3.30. The van der Waals surface area contributed by atoms with Gasteiger partial charge in [0.1, 0.15) is 23.7 Å². The highest BCUT2D eigenvalue weighted by Crippen LogP contribution is 2.20. The summed E-state index contributed by atoms with van der Waals surface area (Å²) in [7, 11) is 0. The average molecular weight is 473 g/mol. The zero-order chi connectivity index (χ0) is 23.9. The Labute approximate surface area is 203 Å². The molecule has 0 radical (unpaired) electrons. The van der Waals surface area contributed by atoms with Crippen LogP contribution in [0, 0.1) is 0 Å². The fraction of sp³-hybridized carbons (Fsp3) is 0.269. The Bertz CT molecular complexity index is 1270. The lowest BCUT2D eigenvalue weighted by Gasteiger charge is -2.26. The monoisotopic (exact) mass is 472 g/mol. The SMILES string of the molecule is O=C(Nc1ccccc1)c1cnn2ccc(NCc3ccccc3OCCN3CCOCC3)nc12. The molecule has 0 saturated carbocycles. The number of rotatable bonds is 9. The van der Waals surface area contributed by atoms with Gasteiger partial charge in [-0.25, -0.2) is 9.50 Å². The molecule has 2 N–H and O–H groups in total. The van der Waals surface area contributed by atoms with Crippen molar-refractivity contribution in [3.63, 3.8) is 0 Å². The summed E-state index contributed by atoms with van der Waals surface area (Å²) in [6.07, 6.45) is 3.32. The lowest BCUT2D eigenvalue weighted by Crippen LogP contribution is -2.38. The van der Waals surface area contributed by atoms with Crippen LogP contribution in [0.4, 0.5) is 11.5 Å². The van der Waals surface area contributed by atoms with Crippen LogP contribution in [-0.4, -0.2) is 64.9 Å². The summed E-state index contributed by atoms with van der Waals surface area (Å²) >= 11 is 0. The fourth-order valence-electron chi connectivity index (χ4n) is 3.93. The molecule has 0 bridgehead atoms. The van der Waals surface area contributed by atoms with Crippen molar-refractivity contribution >= 4 is 23.1 Å². The molecule has 35 heavy (non-hydrogen) atoms. The number of hydrogen-bond acceptors (Lipinski definition) is 7. The van der Waals surface area contributed by atoms with E-state index in [1.807, 2.05) is 60.7 Å². The number of nitrogens with zero attached hydrogens (tertiary/aromatic N) is 4. The van der Waals surface area contributed by atoms with Gasteiger partial charge in [0.25, 0.3) is 5.91 Å². The minimum absolute atomic E-state index is 0.255. The van der Waals surface area contributed by atoms with Crippen molar-refractivity contribution in [2.75, 3.05) is 50.1 Å². The molecular weight excluding hydrogens is 444 g/mol. The van der Waals surface area contributed by atoms with Crippen LogP contribution in [0.25, 0.3) is 5.65 Å². The molecule has 1 amide bonds. The molecular formula is C26H28N6O3. The number of morpholine rings is 1. The van der Waals surface area contributed by atoms with Crippen LogP contribution in [-0.2, 0) is 11.3 Å². The molecule has 0 unspecified atom stereocenters. The van der Waals surface area contributed by atoms with Gasteiger partial charge in [-0.2, -0.15) is 5.10 Å². The first-order valence-electron chi connectivity index (χ1n) is 11.7. The summed E-state index contributed by atoms with van der Waals surface area (Å²) in [4.78, 5) is 19.8. The molecule has 1 saturated heterocycles. The van der Waals surface area contributed by atoms with Gasteiger partial charge < -0.3 is 20.1 Å². The fourth-order valence-corrected chi connectivity index (χ4v) is 3.93. The normalized spacial score (nSPS) is 14.1. The third-order valence-electron chi connectivity index (χ3n) is 5.85. The van der Waals surface area contributed by atoms with E-state index in [4.69, 9.17) is 9.47 Å². The molecule has 0 aliphatic carbocycles. The maximum Gasteiger partial charge on any atom is 0.261 e. The standard InChI is InChI=1S/C26H28N6O3/c33-26(29-21-7-2-1-3-8-21)22-19-28-32-11-10-24(30-25(22)32)27-18-20-6-4-5-9-23(20)35-17-14-31-12-15-34-16-13-31/h1-11,19H,12-18H2,(H,27,30)(H,29,33). The van der Waals surface area contributed by atoms with E-state index < -0.39 is 0 Å². The lowest BCUT2D eigenvalue weighted by molar-refractivity contribution is 0.0322. The second-order valence-corrected chi connectivity index (χ2v) is 8.22. The van der Waals surface area contributed by atoms with Gasteiger partial charge in [0, 0.05) is 43.6 Å². The van der Waals surface area contributed by atoms with Gasteiger partial charge in [-0.15, -0.1) is 0 Å². The number of aromatic nitrogens is 3. The first-order valence-corrected chi connectivity index (χ1v) is 11.7. The van der Waals surface area contributed by atoms with E-state index in [1.54, 1.807) is 10.7 Å². The summed E-state index contributed by atoms with van der Waals surface area (Å²) in [5.41, 5.74) is 2.64. The zero-order valence-electron chi connectivity index (χ0n) is 19.4. The lowest BCUT2D eigenvalue weighted by atomic mass is 10.2. The topological polar surface area (TPSA) is 93.0 Å². The van der Waals surface area contributed by atoms with Crippen LogP contribution >= 0.6 is 0 Å². The Balaban J connectivity index is 1.23. The Hall–Kier alpha value is -3.95. The highest BCUT2D eigenvalue weighted by molar-refractivity contribution is 6.08. The zero-order valence-corrected chi connectivity index (χ0v) is 19.4. The van der Waals surface area contributed by atoms with Gasteiger partial charge in [0.05, 0.1) is 19.4 Å². The first kappa shape index (κ1) is 22.8. The van der Waals surface area contributed by atoms with Gasteiger partial charge >= 0.3 is 0 Å². The number of benzene rings is 2. The number of anilines is 2. The number of carbonyl (C=O) groups is 1. The Morgan fingerprint density at radius 2 is 1.83 bits per heavy atom. The van der Waals surface area contributed by atoms with Crippen LogP contribution in [0.3, 0.4) is 0 Å². The largest absolute Gasteiger partial charge is 0.492 e. The van der Waals surface area contributed by atoms with E-state index in [0.717, 1.165) is 49.8 Å². The van der Waals surface area contributed by atoms with Crippen molar-refractivity contribution in [2.45, 2.75) is 6.54 Å². The van der Waals surface area contributed by atoms with Crippen molar-refractivity contribution in [1.29, 1.82) is 0 Å². The van der Waals surface area contributed by atoms with Crippen molar-refractivity contribution in [1.82, 2.24) is 19.5 Å². The molecule has 1 aliphatic rings. The molecule has 9 heteroatoms. The Kier molecular flexibility index (Phi) is 7.16. The number of carbonyl (C=O) groups excluding carboxylic acids is 1. The van der Waals surface area contributed by atoms with Crippen molar-refractivity contribution in [3.05, 3.63) is 84.2 Å². The summed E-state index contributed by atoms with van der Waals surface area (Å²) in [5.74, 6) is 1.24. The second kappa shape index (κ2) is 11.0. The molecule has 9 nitrogen and oxygen atoms in total. The molecule has 2 aromatic carbocycles. The van der Waals surface area contributed by atoms with Gasteiger partial charge in [-0.1, -0.05) is 36.4 Å². The van der Waals surface area contributed by atoms with E-state index in [-0.39, 0.29) is 5.91 Å². The molecule has 2 aromatic heterocycles. The number of hydrogen-bond donors (Lipinski definition) is 2. The van der Waals surface area contributed by atoms with E-state index in [1.165, 1.54) is 6.20 Å². The number of amides is 1. The quantitative estimate of drug-likeness (QED) is 0.386.